The number of anilines is 2. The van der Waals surface area contributed by atoms with Crippen molar-refractivity contribution in [2.24, 2.45) is 0 Å². The summed E-state index contributed by atoms with van der Waals surface area (Å²) in [7, 11) is 0. The van der Waals surface area contributed by atoms with Gasteiger partial charge in [-0.15, -0.1) is 0 Å². The second-order valence-electron chi connectivity index (χ2n) is 5.14. The number of ether oxygens (including phenoxy) is 1. The second-order valence-corrected chi connectivity index (χ2v) is 5.14. The largest absolute Gasteiger partial charge is 0.481 e. The van der Waals surface area contributed by atoms with Crippen LogP contribution in [0.15, 0.2) is 48.5 Å². The van der Waals surface area contributed by atoms with Crippen LogP contribution >= 0.6 is 0 Å². The number of carbonyl (C=O) groups excluding carboxylic acids is 2. The fourth-order valence-electron chi connectivity index (χ4n) is 1.95. The van der Waals surface area contributed by atoms with Crippen molar-refractivity contribution in [2.45, 2.75) is 20.0 Å². The van der Waals surface area contributed by atoms with Gasteiger partial charge < -0.3 is 15.4 Å². The number of amides is 2. The van der Waals surface area contributed by atoms with E-state index >= 15 is 0 Å². The first-order chi connectivity index (χ1) is 11.5. The van der Waals surface area contributed by atoms with E-state index in [0.717, 1.165) is 0 Å². The molecule has 0 aromatic heterocycles. The number of nitriles is 1. The molecule has 0 aliphatic heterocycles. The Morgan fingerprint density at radius 3 is 2.04 bits per heavy atom. The lowest BCUT2D eigenvalue weighted by atomic mass is 10.2. The van der Waals surface area contributed by atoms with Crippen LogP contribution in [-0.2, 0) is 9.59 Å². The molecular formula is C18H17N3O3. The number of benzene rings is 2. The van der Waals surface area contributed by atoms with E-state index in [0.29, 0.717) is 22.7 Å². The van der Waals surface area contributed by atoms with Crippen LogP contribution in [0.5, 0.6) is 5.75 Å². The number of rotatable bonds is 5. The molecule has 0 radical (unpaired) electrons. The summed E-state index contributed by atoms with van der Waals surface area (Å²) in [6.07, 6.45) is -0.701. The first-order valence-electron chi connectivity index (χ1n) is 7.33. The van der Waals surface area contributed by atoms with Crippen molar-refractivity contribution in [1.82, 2.24) is 0 Å². The van der Waals surface area contributed by atoms with Crippen molar-refractivity contribution in [3.63, 3.8) is 0 Å². The normalized spacial score (nSPS) is 11.0. The highest BCUT2D eigenvalue weighted by molar-refractivity contribution is 5.94. The van der Waals surface area contributed by atoms with E-state index in [2.05, 4.69) is 10.6 Å². The molecule has 0 spiro atoms. The average molecular weight is 323 g/mol. The average Bonchev–Trinajstić information content (AvgIpc) is 2.56. The minimum atomic E-state index is -0.701. The number of carbonyl (C=O) groups is 2. The lowest BCUT2D eigenvalue weighted by Crippen LogP contribution is -2.30. The molecule has 0 saturated carbocycles. The molecule has 0 aliphatic carbocycles. The van der Waals surface area contributed by atoms with Gasteiger partial charge in [-0.3, -0.25) is 9.59 Å². The monoisotopic (exact) mass is 323 g/mol. The van der Waals surface area contributed by atoms with Gasteiger partial charge in [0.2, 0.25) is 5.91 Å². The fraction of sp³-hybridized carbons (Fsp3) is 0.167. The summed E-state index contributed by atoms with van der Waals surface area (Å²) in [4.78, 5) is 23.1. The molecular weight excluding hydrogens is 306 g/mol. The van der Waals surface area contributed by atoms with Crippen molar-refractivity contribution in [3.8, 4) is 11.8 Å². The smallest absolute Gasteiger partial charge is 0.265 e. The fourth-order valence-corrected chi connectivity index (χ4v) is 1.95. The summed E-state index contributed by atoms with van der Waals surface area (Å²) in [6, 6.07) is 15.3. The van der Waals surface area contributed by atoms with E-state index in [1.165, 1.54) is 6.92 Å². The van der Waals surface area contributed by atoms with Gasteiger partial charge in [0.15, 0.2) is 6.10 Å². The summed E-state index contributed by atoms with van der Waals surface area (Å²) in [5, 5.41) is 14.1. The molecule has 2 aromatic rings. The molecule has 0 aliphatic rings. The van der Waals surface area contributed by atoms with Crippen LogP contribution in [0.3, 0.4) is 0 Å². The van der Waals surface area contributed by atoms with Gasteiger partial charge in [0.1, 0.15) is 5.75 Å². The summed E-state index contributed by atoms with van der Waals surface area (Å²) in [5.41, 5.74) is 1.78. The third-order valence-electron chi connectivity index (χ3n) is 3.14. The van der Waals surface area contributed by atoms with Crippen molar-refractivity contribution in [1.29, 1.82) is 5.26 Å². The maximum Gasteiger partial charge on any atom is 0.265 e. The van der Waals surface area contributed by atoms with E-state index < -0.39 is 6.10 Å². The minimum absolute atomic E-state index is 0.156. The highest BCUT2D eigenvalue weighted by Crippen LogP contribution is 2.16. The van der Waals surface area contributed by atoms with E-state index in [1.54, 1.807) is 55.5 Å². The molecule has 1 atom stereocenters. The summed E-state index contributed by atoms with van der Waals surface area (Å²) >= 11 is 0. The number of hydrogen-bond donors (Lipinski definition) is 2. The van der Waals surface area contributed by atoms with Gasteiger partial charge in [-0.2, -0.15) is 5.26 Å². The predicted octanol–water partition coefficient (Wildman–Crippen LogP) is 2.92. The van der Waals surface area contributed by atoms with E-state index in [-0.39, 0.29) is 11.8 Å². The van der Waals surface area contributed by atoms with Crippen LogP contribution < -0.4 is 15.4 Å². The maximum absolute atomic E-state index is 12.1. The van der Waals surface area contributed by atoms with Gasteiger partial charge in [0.25, 0.3) is 5.91 Å². The molecule has 0 heterocycles. The van der Waals surface area contributed by atoms with Crippen molar-refractivity contribution < 1.29 is 14.3 Å². The van der Waals surface area contributed by atoms with Crippen molar-refractivity contribution >= 4 is 23.2 Å². The summed E-state index contributed by atoms with van der Waals surface area (Å²) < 4.78 is 5.55. The Kier molecular flexibility index (Phi) is 5.53. The van der Waals surface area contributed by atoms with E-state index in [9.17, 15) is 9.59 Å². The molecule has 122 valence electrons. The Morgan fingerprint density at radius 2 is 1.54 bits per heavy atom. The molecule has 2 rings (SSSR count). The Balaban J connectivity index is 1.93. The zero-order valence-electron chi connectivity index (χ0n) is 13.4. The maximum atomic E-state index is 12.1. The molecule has 6 heteroatoms. The van der Waals surface area contributed by atoms with Crippen LogP contribution in [0.4, 0.5) is 11.4 Å². The number of nitrogens with one attached hydrogen (secondary N) is 2. The zero-order chi connectivity index (χ0) is 17.5. The highest BCUT2D eigenvalue weighted by atomic mass is 16.5. The Hall–Kier alpha value is -3.33. The summed E-state index contributed by atoms with van der Waals surface area (Å²) in [6.45, 7) is 3.07. The van der Waals surface area contributed by atoms with Crippen LogP contribution in [0, 0.1) is 11.3 Å². The molecule has 24 heavy (non-hydrogen) atoms. The topological polar surface area (TPSA) is 91.2 Å². The Bertz CT molecular complexity index is 762. The molecule has 6 nitrogen and oxygen atoms in total. The van der Waals surface area contributed by atoms with Gasteiger partial charge in [0.05, 0.1) is 11.6 Å². The Morgan fingerprint density at radius 1 is 1.00 bits per heavy atom. The first-order valence-corrected chi connectivity index (χ1v) is 7.33. The Labute approximate surface area is 140 Å². The zero-order valence-corrected chi connectivity index (χ0v) is 13.4. The SMILES string of the molecule is CC(=O)Nc1ccc(NC(=O)[C@@H](C)Oc2ccc(C#N)cc2)cc1. The lowest BCUT2D eigenvalue weighted by Gasteiger charge is -2.15. The highest BCUT2D eigenvalue weighted by Gasteiger charge is 2.15. The van der Waals surface area contributed by atoms with Gasteiger partial charge >= 0.3 is 0 Å². The number of nitrogens with zero attached hydrogens (tertiary/aromatic N) is 1. The van der Waals surface area contributed by atoms with E-state index in [1.807, 2.05) is 6.07 Å². The molecule has 0 unspecified atom stereocenters. The molecule has 2 aromatic carbocycles. The molecule has 0 saturated heterocycles. The van der Waals surface area contributed by atoms with E-state index in [4.69, 9.17) is 10.00 Å². The third-order valence-corrected chi connectivity index (χ3v) is 3.14. The van der Waals surface area contributed by atoms with Crippen molar-refractivity contribution in [3.05, 3.63) is 54.1 Å². The quantitative estimate of drug-likeness (QED) is 0.885. The molecule has 0 bridgehead atoms. The lowest BCUT2D eigenvalue weighted by molar-refractivity contribution is -0.122. The standard InChI is InChI=1S/C18H17N3O3/c1-12(24-17-9-3-14(11-19)4-10-17)18(23)21-16-7-5-15(6-8-16)20-13(2)22/h3-10,12H,1-2H3,(H,20,22)(H,21,23)/t12-/m1/s1. The predicted molar refractivity (Wildman–Crippen MR) is 90.6 cm³/mol. The number of hydrogen-bond acceptors (Lipinski definition) is 4. The molecule has 2 amide bonds. The minimum Gasteiger partial charge on any atom is -0.481 e. The van der Waals surface area contributed by atoms with Crippen LogP contribution in [0.25, 0.3) is 0 Å². The second kappa shape index (κ2) is 7.79. The van der Waals surface area contributed by atoms with Crippen LogP contribution in [0.2, 0.25) is 0 Å². The third kappa shape index (κ3) is 4.85. The molecule has 0 fully saturated rings. The van der Waals surface area contributed by atoms with Crippen LogP contribution in [0.1, 0.15) is 19.4 Å². The van der Waals surface area contributed by atoms with Gasteiger partial charge in [-0.25, -0.2) is 0 Å². The van der Waals surface area contributed by atoms with Gasteiger partial charge in [0, 0.05) is 18.3 Å². The molecule has 2 N–H and O–H groups in total. The summed E-state index contributed by atoms with van der Waals surface area (Å²) in [5.74, 6) is 0.0560. The van der Waals surface area contributed by atoms with Crippen LogP contribution in [-0.4, -0.2) is 17.9 Å². The van der Waals surface area contributed by atoms with Crippen molar-refractivity contribution in [2.75, 3.05) is 10.6 Å². The van der Waals surface area contributed by atoms with Gasteiger partial charge in [-0.1, -0.05) is 0 Å². The van der Waals surface area contributed by atoms with Gasteiger partial charge in [-0.05, 0) is 55.5 Å². The first kappa shape index (κ1) is 17.0.